The number of nitrogens with one attached hydrogen (secondary N) is 1. The highest BCUT2D eigenvalue weighted by atomic mass is 32.2. The summed E-state index contributed by atoms with van der Waals surface area (Å²) in [5.74, 6) is 2.30. The van der Waals surface area contributed by atoms with Gasteiger partial charge in [-0.05, 0) is 29.9 Å². The van der Waals surface area contributed by atoms with Gasteiger partial charge in [-0.3, -0.25) is 9.59 Å². The molecule has 114 valence electrons. The normalized spacial score (nSPS) is 29.4. The molecule has 0 aromatic heterocycles. The van der Waals surface area contributed by atoms with Gasteiger partial charge in [0, 0.05) is 30.6 Å². The molecule has 0 saturated carbocycles. The minimum absolute atomic E-state index is 0.111. The van der Waals surface area contributed by atoms with Gasteiger partial charge in [-0.2, -0.15) is 11.8 Å². The number of Topliss-reactive ketones (excluding diaryl/α,β-unsaturated/α-hetero) is 1. The molecule has 3 unspecified atom stereocenters. The van der Waals surface area contributed by atoms with Gasteiger partial charge >= 0.3 is 0 Å². The lowest BCUT2D eigenvalue weighted by Gasteiger charge is -2.18. The lowest BCUT2D eigenvalue weighted by Crippen LogP contribution is -2.34. The number of thioether (sulfide) groups is 1. The smallest absolute Gasteiger partial charge is 0.220 e. The van der Waals surface area contributed by atoms with Crippen LogP contribution in [0.4, 0.5) is 0 Å². The van der Waals surface area contributed by atoms with Gasteiger partial charge in [0.1, 0.15) is 5.78 Å². The first-order valence-corrected chi connectivity index (χ1v) is 8.83. The van der Waals surface area contributed by atoms with Crippen molar-refractivity contribution in [2.45, 2.75) is 70.6 Å². The van der Waals surface area contributed by atoms with Crippen LogP contribution in [0.5, 0.6) is 0 Å². The maximum Gasteiger partial charge on any atom is 0.220 e. The number of hydrogen-bond acceptors (Lipinski definition) is 3. The number of fused-ring (bicyclic) bond motifs is 1. The molecular weight excluding hydrogens is 270 g/mol. The van der Waals surface area contributed by atoms with Gasteiger partial charge in [0.25, 0.3) is 0 Å². The monoisotopic (exact) mass is 297 g/mol. The average Bonchev–Trinajstić information content (AvgIpc) is 2.82. The molecule has 2 saturated heterocycles. The zero-order chi connectivity index (χ0) is 14.8. The van der Waals surface area contributed by atoms with Crippen LogP contribution < -0.4 is 5.32 Å². The molecule has 0 bridgehead atoms. The van der Waals surface area contributed by atoms with Gasteiger partial charge in [-0.1, -0.05) is 27.2 Å². The fourth-order valence-corrected chi connectivity index (χ4v) is 4.90. The Morgan fingerprint density at radius 1 is 1.35 bits per heavy atom. The molecule has 0 spiro atoms. The predicted octanol–water partition coefficient (Wildman–Crippen LogP) is 3.17. The Kier molecular flexibility index (Phi) is 5.16. The number of hydrogen-bond donors (Lipinski definition) is 1. The maximum absolute atomic E-state index is 11.8. The molecule has 2 aliphatic rings. The Morgan fingerprint density at radius 2 is 2.10 bits per heavy atom. The summed E-state index contributed by atoms with van der Waals surface area (Å²) in [6.45, 7) is 6.34. The van der Waals surface area contributed by atoms with Crippen LogP contribution in [-0.4, -0.2) is 28.7 Å². The summed E-state index contributed by atoms with van der Waals surface area (Å²) in [7, 11) is 0. The molecule has 2 rings (SSSR count). The summed E-state index contributed by atoms with van der Waals surface area (Å²) in [6, 6.07) is 0.401. The van der Waals surface area contributed by atoms with Crippen molar-refractivity contribution in [2.75, 3.05) is 5.75 Å². The molecule has 20 heavy (non-hydrogen) atoms. The van der Waals surface area contributed by atoms with Crippen LogP contribution in [-0.2, 0) is 9.59 Å². The van der Waals surface area contributed by atoms with Gasteiger partial charge in [-0.15, -0.1) is 0 Å². The molecular formula is C16H27NO2S. The third kappa shape index (κ3) is 4.51. The zero-order valence-electron chi connectivity index (χ0n) is 12.9. The van der Waals surface area contributed by atoms with Crippen LogP contribution in [0.15, 0.2) is 0 Å². The third-order valence-electron chi connectivity index (χ3n) is 4.13. The van der Waals surface area contributed by atoms with Gasteiger partial charge in [0.05, 0.1) is 0 Å². The highest BCUT2D eigenvalue weighted by molar-refractivity contribution is 8.00. The van der Waals surface area contributed by atoms with E-state index in [1.54, 1.807) is 0 Å². The summed E-state index contributed by atoms with van der Waals surface area (Å²) in [4.78, 5) is 23.2. The molecule has 1 amide bonds. The predicted molar refractivity (Wildman–Crippen MR) is 83.8 cm³/mol. The number of amides is 1. The fraction of sp³-hybridized carbons (Fsp3) is 0.875. The van der Waals surface area contributed by atoms with Crippen molar-refractivity contribution in [3.63, 3.8) is 0 Å². The van der Waals surface area contributed by atoms with E-state index < -0.39 is 0 Å². The van der Waals surface area contributed by atoms with E-state index in [0.717, 1.165) is 37.9 Å². The molecule has 1 N–H and O–H groups in total. The Hall–Kier alpha value is -0.510. The largest absolute Gasteiger partial charge is 0.352 e. The molecule has 0 aromatic rings. The molecule has 4 heteroatoms. The molecule has 2 heterocycles. The van der Waals surface area contributed by atoms with E-state index in [1.165, 1.54) is 0 Å². The van der Waals surface area contributed by atoms with Crippen molar-refractivity contribution < 1.29 is 9.59 Å². The molecule has 3 nitrogen and oxygen atoms in total. The topological polar surface area (TPSA) is 46.2 Å². The second kappa shape index (κ2) is 6.50. The van der Waals surface area contributed by atoms with E-state index in [2.05, 4.69) is 26.1 Å². The number of carbonyl (C=O) groups excluding carboxylic acids is 2. The lowest BCUT2D eigenvalue weighted by molar-refractivity contribution is -0.121. The second-order valence-electron chi connectivity index (χ2n) is 7.45. The van der Waals surface area contributed by atoms with Crippen molar-refractivity contribution in [1.29, 1.82) is 0 Å². The van der Waals surface area contributed by atoms with Crippen molar-refractivity contribution in [2.24, 2.45) is 11.3 Å². The summed E-state index contributed by atoms with van der Waals surface area (Å²) < 4.78 is 0. The molecule has 2 fully saturated rings. The lowest BCUT2D eigenvalue weighted by atomic mass is 9.88. The van der Waals surface area contributed by atoms with Crippen LogP contribution >= 0.6 is 11.8 Å². The maximum atomic E-state index is 11.8. The van der Waals surface area contributed by atoms with Crippen LogP contribution in [0.2, 0.25) is 0 Å². The van der Waals surface area contributed by atoms with Crippen LogP contribution in [0.1, 0.15) is 59.3 Å². The zero-order valence-corrected chi connectivity index (χ0v) is 13.7. The van der Waals surface area contributed by atoms with Gasteiger partial charge in [0.2, 0.25) is 5.91 Å². The summed E-state index contributed by atoms with van der Waals surface area (Å²) >= 11 is 2.01. The Balaban J connectivity index is 1.62. The first-order valence-electron chi connectivity index (χ1n) is 7.78. The van der Waals surface area contributed by atoms with Crippen LogP contribution in [0.25, 0.3) is 0 Å². The van der Waals surface area contributed by atoms with Crippen molar-refractivity contribution in [1.82, 2.24) is 5.32 Å². The fourth-order valence-electron chi connectivity index (χ4n) is 3.25. The van der Waals surface area contributed by atoms with E-state index in [-0.39, 0.29) is 11.3 Å². The standard InChI is InChI=1S/C16H27NO2S/c1-16(2,3)9-12(18)6-4-5-7-13-15-11(10-20-13)8-14(19)17-15/h11,13,15H,4-10H2,1-3H3,(H,17,19). The summed E-state index contributed by atoms with van der Waals surface area (Å²) in [5, 5.41) is 3.69. The van der Waals surface area contributed by atoms with Crippen LogP contribution in [0.3, 0.4) is 0 Å². The molecule has 0 aliphatic carbocycles. The van der Waals surface area contributed by atoms with E-state index in [1.807, 2.05) is 11.8 Å². The SMILES string of the molecule is CC(C)(C)CC(=O)CCCCC1SCC2CC(=O)NC21. The Labute approximate surface area is 126 Å². The van der Waals surface area contributed by atoms with Gasteiger partial charge < -0.3 is 5.32 Å². The minimum Gasteiger partial charge on any atom is -0.352 e. The molecule has 0 radical (unpaired) electrons. The number of rotatable bonds is 6. The van der Waals surface area contributed by atoms with Gasteiger partial charge in [0.15, 0.2) is 0 Å². The number of ketones is 1. The van der Waals surface area contributed by atoms with E-state index >= 15 is 0 Å². The summed E-state index contributed by atoms with van der Waals surface area (Å²) in [6.07, 6.45) is 5.36. The van der Waals surface area contributed by atoms with Crippen molar-refractivity contribution >= 4 is 23.5 Å². The third-order valence-corrected chi connectivity index (χ3v) is 5.71. The molecule has 0 aromatic carbocycles. The number of carbonyl (C=O) groups is 2. The first-order chi connectivity index (χ1) is 9.35. The van der Waals surface area contributed by atoms with Crippen molar-refractivity contribution in [3.8, 4) is 0 Å². The van der Waals surface area contributed by atoms with Crippen LogP contribution in [0, 0.1) is 11.3 Å². The highest BCUT2D eigenvalue weighted by Crippen LogP contribution is 2.39. The van der Waals surface area contributed by atoms with E-state index in [9.17, 15) is 9.59 Å². The minimum atomic E-state index is 0.111. The average molecular weight is 297 g/mol. The van der Waals surface area contributed by atoms with Gasteiger partial charge in [-0.25, -0.2) is 0 Å². The first kappa shape index (κ1) is 15.9. The van der Waals surface area contributed by atoms with E-state index in [4.69, 9.17) is 0 Å². The molecule has 2 aliphatic heterocycles. The Morgan fingerprint density at radius 3 is 2.80 bits per heavy atom. The Bertz CT molecular complexity index is 375. The van der Waals surface area contributed by atoms with E-state index in [0.29, 0.717) is 29.4 Å². The second-order valence-corrected chi connectivity index (χ2v) is 8.72. The van der Waals surface area contributed by atoms with Crippen molar-refractivity contribution in [3.05, 3.63) is 0 Å². The molecule has 3 atom stereocenters. The highest BCUT2D eigenvalue weighted by Gasteiger charge is 2.42. The quantitative estimate of drug-likeness (QED) is 0.766. The number of unbranched alkanes of at least 4 members (excludes halogenated alkanes) is 1. The summed E-state index contributed by atoms with van der Waals surface area (Å²) in [5.41, 5.74) is 0.111.